The predicted octanol–water partition coefficient (Wildman–Crippen LogP) is 1.69. The molecule has 5 heteroatoms. The minimum atomic E-state index is -0.0107. The van der Waals surface area contributed by atoms with E-state index < -0.39 is 0 Å². The Morgan fingerprint density at radius 3 is 2.79 bits per heavy atom. The number of nitrogens with zero attached hydrogens (tertiary/aromatic N) is 2. The third kappa shape index (κ3) is 2.99. The Labute approximate surface area is 88.0 Å². The molecule has 1 aromatic rings. The monoisotopic (exact) mass is 213 g/mol. The zero-order valence-electron chi connectivity index (χ0n) is 8.49. The van der Waals surface area contributed by atoms with Gasteiger partial charge in [-0.15, -0.1) is 11.3 Å². The summed E-state index contributed by atoms with van der Waals surface area (Å²) >= 11 is 1.55. The molecule has 14 heavy (non-hydrogen) atoms. The van der Waals surface area contributed by atoms with Crippen molar-refractivity contribution in [2.45, 2.75) is 20.4 Å². The van der Waals surface area contributed by atoms with Crippen molar-refractivity contribution in [3.05, 3.63) is 16.6 Å². The van der Waals surface area contributed by atoms with Gasteiger partial charge in [0.15, 0.2) is 0 Å². The van der Waals surface area contributed by atoms with Gasteiger partial charge in [0.1, 0.15) is 0 Å². The van der Waals surface area contributed by atoms with Crippen LogP contribution in [0.3, 0.4) is 0 Å². The fourth-order valence-electron chi connectivity index (χ4n) is 1.11. The summed E-state index contributed by atoms with van der Waals surface area (Å²) < 4.78 is 0. The summed E-state index contributed by atoms with van der Waals surface area (Å²) in [5.74, 6) is 0. The highest BCUT2D eigenvalue weighted by Crippen LogP contribution is 2.04. The van der Waals surface area contributed by atoms with Crippen LogP contribution in [0.25, 0.3) is 0 Å². The average molecular weight is 213 g/mol. The fraction of sp³-hybridized carbons (Fsp3) is 0.556. The van der Waals surface area contributed by atoms with Crippen LogP contribution in [0.5, 0.6) is 0 Å². The molecule has 0 aliphatic rings. The van der Waals surface area contributed by atoms with Gasteiger partial charge in [-0.05, 0) is 13.8 Å². The van der Waals surface area contributed by atoms with E-state index in [4.69, 9.17) is 0 Å². The lowest BCUT2D eigenvalue weighted by Gasteiger charge is -2.18. The number of rotatable bonds is 4. The SMILES string of the molecule is CCN(CC)C(=O)NCc1cncs1. The van der Waals surface area contributed by atoms with E-state index in [-0.39, 0.29) is 6.03 Å². The second kappa shape index (κ2) is 5.59. The van der Waals surface area contributed by atoms with E-state index in [1.165, 1.54) is 0 Å². The number of amides is 2. The Hall–Kier alpha value is -1.10. The first-order valence-electron chi connectivity index (χ1n) is 4.68. The molecule has 0 saturated carbocycles. The number of aromatic nitrogens is 1. The third-order valence-electron chi connectivity index (χ3n) is 1.95. The molecule has 1 heterocycles. The van der Waals surface area contributed by atoms with Gasteiger partial charge < -0.3 is 10.2 Å². The molecule has 2 amide bonds. The zero-order chi connectivity index (χ0) is 10.4. The molecule has 1 rings (SSSR count). The van der Waals surface area contributed by atoms with Gasteiger partial charge >= 0.3 is 6.03 Å². The number of nitrogens with one attached hydrogen (secondary N) is 1. The van der Waals surface area contributed by atoms with Crippen LogP contribution in [0.2, 0.25) is 0 Å². The van der Waals surface area contributed by atoms with E-state index in [1.807, 2.05) is 13.8 Å². The molecule has 0 aromatic carbocycles. The Morgan fingerprint density at radius 1 is 1.57 bits per heavy atom. The maximum atomic E-state index is 11.5. The lowest BCUT2D eigenvalue weighted by Crippen LogP contribution is -2.39. The summed E-state index contributed by atoms with van der Waals surface area (Å²) in [7, 11) is 0. The number of thiazole rings is 1. The van der Waals surface area contributed by atoms with Crippen LogP contribution in [0, 0.1) is 0 Å². The lowest BCUT2D eigenvalue weighted by molar-refractivity contribution is 0.203. The molecule has 0 aliphatic heterocycles. The second-order valence-electron chi connectivity index (χ2n) is 2.80. The molecule has 4 nitrogen and oxygen atoms in total. The maximum Gasteiger partial charge on any atom is 0.317 e. The molecule has 0 saturated heterocycles. The summed E-state index contributed by atoms with van der Waals surface area (Å²) in [6, 6.07) is -0.0107. The molecule has 0 radical (unpaired) electrons. The van der Waals surface area contributed by atoms with E-state index in [2.05, 4.69) is 10.3 Å². The number of carbonyl (C=O) groups is 1. The summed E-state index contributed by atoms with van der Waals surface area (Å²) in [4.78, 5) is 18.3. The first kappa shape index (κ1) is 11.0. The molecule has 0 bridgehead atoms. The molecule has 0 spiro atoms. The van der Waals surface area contributed by atoms with Crippen molar-refractivity contribution < 1.29 is 4.79 Å². The van der Waals surface area contributed by atoms with E-state index in [0.717, 1.165) is 18.0 Å². The number of carbonyl (C=O) groups excluding carboxylic acids is 1. The minimum Gasteiger partial charge on any atom is -0.333 e. The average Bonchev–Trinajstić information content (AvgIpc) is 2.69. The van der Waals surface area contributed by atoms with Gasteiger partial charge in [0, 0.05) is 24.2 Å². The Bertz CT molecular complexity index is 270. The van der Waals surface area contributed by atoms with Crippen LogP contribution in [-0.4, -0.2) is 29.0 Å². The molecule has 0 aliphatic carbocycles. The number of urea groups is 1. The Balaban J connectivity index is 2.34. The van der Waals surface area contributed by atoms with Crippen molar-refractivity contribution in [3.63, 3.8) is 0 Å². The smallest absolute Gasteiger partial charge is 0.317 e. The van der Waals surface area contributed by atoms with Gasteiger partial charge in [-0.1, -0.05) is 0 Å². The molecule has 0 fully saturated rings. The quantitative estimate of drug-likeness (QED) is 0.827. The first-order chi connectivity index (χ1) is 6.77. The van der Waals surface area contributed by atoms with Crippen LogP contribution in [0.1, 0.15) is 18.7 Å². The zero-order valence-corrected chi connectivity index (χ0v) is 9.30. The summed E-state index contributed by atoms with van der Waals surface area (Å²) in [6.07, 6.45) is 1.77. The molecular weight excluding hydrogens is 198 g/mol. The van der Waals surface area contributed by atoms with Crippen molar-refractivity contribution >= 4 is 17.4 Å². The van der Waals surface area contributed by atoms with Crippen LogP contribution in [0.15, 0.2) is 11.7 Å². The van der Waals surface area contributed by atoms with Crippen LogP contribution in [-0.2, 0) is 6.54 Å². The highest BCUT2D eigenvalue weighted by atomic mass is 32.1. The van der Waals surface area contributed by atoms with E-state index in [0.29, 0.717) is 6.54 Å². The molecule has 1 aromatic heterocycles. The molecule has 78 valence electrons. The van der Waals surface area contributed by atoms with Gasteiger partial charge in [-0.3, -0.25) is 4.98 Å². The topological polar surface area (TPSA) is 45.2 Å². The Kier molecular flexibility index (Phi) is 4.39. The van der Waals surface area contributed by atoms with Crippen LogP contribution >= 0.6 is 11.3 Å². The standard InChI is InChI=1S/C9H15N3OS/c1-3-12(4-2)9(13)11-6-8-5-10-7-14-8/h5,7H,3-4,6H2,1-2H3,(H,11,13). The minimum absolute atomic E-state index is 0.0107. The Morgan fingerprint density at radius 2 is 2.29 bits per heavy atom. The molecule has 0 unspecified atom stereocenters. The highest BCUT2D eigenvalue weighted by Gasteiger charge is 2.08. The number of hydrogen-bond donors (Lipinski definition) is 1. The van der Waals surface area contributed by atoms with Crippen LogP contribution < -0.4 is 5.32 Å². The van der Waals surface area contributed by atoms with Crippen LogP contribution in [0.4, 0.5) is 4.79 Å². The van der Waals surface area contributed by atoms with Crippen molar-refractivity contribution in [1.82, 2.24) is 15.2 Å². The highest BCUT2D eigenvalue weighted by molar-refractivity contribution is 7.09. The molecule has 0 atom stereocenters. The first-order valence-corrected chi connectivity index (χ1v) is 5.56. The van der Waals surface area contributed by atoms with Gasteiger partial charge in [-0.25, -0.2) is 4.79 Å². The molecular formula is C9H15N3OS. The van der Waals surface area contributed by atoms with Crippen molar-refractivity contribution in [3.8, 4) is 0 Å². The summed E-state index contributed by atoms with van der Waals surface area (Å²) in [6.45, 7) is 5.99. The lowest BCUT2D eigenvalue weighted by atomic mass is 10.5. The summed E-state index contributed by atoms with van der Waals surface area (Å²) in [5, 5.41) is 2.84. The predicted molar refractivity (Wildman–Crippen MR) is 57.3 cm³/mol. The van der Waals surface area contributed by atoms with Crippen molar-refractivity contribution in [1.29, 1.82) is 0 Å². The van der Waals surface area contributed by atoms with Crippen molar-refractivity contribution in [2.24, 2.45) is 0 Å². The largest absolute Gasteiger partial charge is 0.333 e. The third-order valence-corrected chi connectivity index (χ3v) is 2.73. The van der Waals surface area contributed by atoms with Gasteiger partial charge in [0.05, 0.1) is 12.1 Å². The van der Waals surface area contributed by atoms with Gasteiger partial charge in [0.2, 0.25) is 0 Å². The maximum absolute atomic E-state index is 11.5. The van der Waals surface area contributed by atoms with E-state index in [9.17, 15) is 4.79 Å². The van der Waals surface area contributed by atoms with Gasteiger partial charge in [-0.2, -0.15) is 0 Å². The molecule has 1 N–H and O–H groups in total. The van der Waals surface area contributed by atoms with Crippen molar-refractivity contribution in [2.75, 3.05) is 13.1 Å². The van der Waals surface area contributed by atoms with Gasteiger partial charge in [0.25, 0.3) is 0 Å². The summed E-state index contributed by atoms with van der Waals surface area (Å²) in [5.41, 5.74) is 1.76. The fourth-order valence-corrected chi connectivity index (χ4v) is 1.65. The normalized spacial score (nSPS) is 9.86. The number of hydrogen-bond acceptors (Lipinski definition) is 3. The second-order valence-corrected chi connectivity index (χ2v) is 3.77. The van der Waals surface area contributed by atoms with E-state index in [1.54, 1.807) is 27.9 Å². The van der Waals surface area contributed by atoms with E-state index >= 15 is 0 Å².